The van der Waals surface area contributed by atoms with E-state index in [-0.39, 0.29) is 22.7 Å². The van der Waals surface area contributed by atoms with E-state index in [0.717, 1.165) is 105 Å². The zero-order valence-corrected chi connectivity index (χ0v) is 66.1. The van der Waals surface area contributed by atoms with Crippen molar-refractivity contribution in [3.05, 3.63) is 427 Å². The highest BCUT2D eigenvalue weighted by molar-refractivity contribution is 5.49. The third-order valence-corrected chi connectivity index (χ3v) is 19.4. The molecule has 0 atom stereocenters. The van der Waals surface area contributed by atoms with Crippen molar-refractivity contribution in [1.29, 1.82) is 0 Å². The van der Waals surface area contributed by atoms with Gasteiger partial charge in [-0.05, 0) is 138 Å². The number of nitro groups is 4. The van der Waals surface area contributed by atoms with Gasteiger partial charge in [-0.2, -0.15) is 4.74 Å². The molecule has 0 heterocycles. The molecule has 12 rings (SSSR count). The Kier molecular flexibility index (Phi) is 33.5. The Balaban J connectivity index is 0.000000176. The number of nitrogens with two attached hydrogens (primary N) is 1. The number of aryl methyl sites for hydroxylation is 1. The quantitative estimate of drug-likeness (QED) is 0.00969. The Morgan fingerprint density at radius 2 is 0.426 bits per heavy atom. The first-order valence-corrected chi connectivity index (χ1v) is 38.6. The van der Waals surface area contributed by atoms with Crippen LogP contribution in [0.1, 0.15) is 100 Å². The first-order valence-electron chi connectivity index (χ1n) is 38.6. The van der Waals surface area contributed by atoms with Crippen LogP contribution in [0.25, 0.3) is 0 Å². The molecule has 0 aliphatic heterocycles. The number of nitrogens with zero attached hydrogens (tertiary/aromatic N) is 11. The van der Waals surface area contributed by atoms with E-state index in [4.69, 9.17) is 5.73 Å². The fraction of sp³-hybridized carbons (Fsp3) is 0.223. The minimum absolute atomic E-state index is 0.000961. The van der Waals surface area contributed by atoms with Crippen molar-refractivity contribution in [2.75, 3.05) is 41.7 Å². The predicted molar refractivity (Wildman–Crippen MR) is 462 cm³/mol. The van der Waals surface area contributed by atoms with Gasteiger partial charge in [0.15, 0.2) is 0 Å². The number of hydrogen-bond acceptors (Lipinski definition) is 16. The Hall–Kier alpha value is -13.1. The number of hydrogen-bond donors (Lipinski definition) is 1. The van der Waals surface area contributed by atoms with E-state index in [0.29, 0.717) is 43.2 Å². The molecule has 0 fully saturated rings. The number of rotatable bonds is 35. The lowest BCUT2D eigenvalue weighted by atomic mass is 10.1. The second-order valence-corrected chi connectivity index (χ2v) is 28.2. The van der Waals surface area contributed by atoms with Crippen molar-refractivity contribution in [1.82, 2.24) is 19.6 Å². The minimum Gasteiger partial charge on any atom is -0.619 e. The SMILES string of the molecule is C=[N+]([O-])c1ccc(CN(Cc2ccccc2)Cc2ccc([N+](=O)[O-])cc2)cc1.CCN(CC)c1ccc(CN(Cc2ccccc2)Cc2ccc(N(CC)CC)cc2)cc1.Cc1ccc(CN(Cc2ccccc2)Cc2ccc(N)cc2)cc1.O=[N+]([O-])c1ccc(CN(Cc2ccc([N+](=O)[O-])cc2)Cc2ccc([N+](=O)[O-])cc2)cc1. The molecule has 21 heteroatoms. The van der Waals surface area contributed by atoms with Gasteiger partial charge in [-0.3, -0.25) is 60.1 Å². The summed E-state index contributed by atoms with van der Waals surface area (Å²) in [4.78, 5) is 55.8. The van der Waals surface area contributed by atoms with Gasteiger partial charge in [-0.1, -0.05) is 218 Å². The molecule has 21 nitrogen and oxygen atoms in total. The molecule has 12 aromatic carbocycles. The summed E-state index contributed by atoms with van der Waals surface area (Å²) in [6, 6.07) is 99.4. The van der Waals surface area contributed by atoms with Gasteiger partial charge < -0.3 is 20.7 Å². The van der Waals surface area contributed by atoms with Crippen LogP contribution in [-0.4, -0.2) is 76.9 Å². The number of nitro benzene ring substituents is 4. The maximum absolute atomic E-state index is 11.3. The summed E-state index contributed by atoms with van der Waals surface area (Å²) in [5, 5.41) is 54.7. The van der Waals surface area contributed by atoms with E-state index in [1.165, 1.54) is 104 Å². The lowest BCUT2D eigenvalue weighted by molar-refractivity contribution is -0.385. The van der Waals surface area contributed by atoms with E-state index < -0.39 is 19.7 Å². The summed E-state index contributed by atoms with van der Waals surface area (Å²) in [6.45, 7) is 27.5. The molecule has 0 saturated carbocycles. The zero-order chi connectivity index (χ0) is 81.9. The fourth-order valence-corrected chi connectivity index (χ4v) is 13.3. The van der Waals surface area contributed by atoms with Gasteiger partial charge in [-0.15, -0.1) is 0 Å². The molecule has 0 spiro atoms. The first-order chi connectivity index (χ1) is 55.7. The van der Waals surface area contributed by atoms with Gasteiger partial charge in [-0.25, -0.2) is 0 Å². The zero-order valence-electron chi connectivity index (χ0n) is 66.1. The minimum atomic E-state index is -0.463. The third kappa shape index (κ3) is 28.9. The van der Waals surface area contributed by atoms with Crippen molar-refractivity contribution in [2.45, 2.75) is 113 Å². The van der Waals surface area contributed by atoms with Crippen molar-refractivity contribution >= 4 is 52.2 Å². The van der Waals surface area contributed by atoms with Gasteiger partial charge in [0.1, 0.15) is 6.72 Å². The van der Waals surface area contributed by atoms with Gasteiger partial charge in [0.05, 0.1) is 19.7 Å². The summed E-state index contributed by atoms with van der Waals surface area (Å²) < 4.78 is 0.586. The molecular formula is C94H102N12O9. The monoisotopic (exact) mass is 1540 g/mol. The van der Waals surface area contributed by atoms with Gasteiger partial charge >= 0.3 is 0 Å². The molecule has 592 valence electrons. The Bertz CT molecular complexity index is 4630. The van der Waals surface area contributed by atoms with Crippen LogP contribution < -0.4 is 15.5 Å². The summed E-state index contributed by atoms with van der Waals surface area (Å²) >= 11 is 0. The molecule has 0 aliphatic carbocycles. The molecule has 0 unspecified atom stereocenters. The van der Waals surface area contributed by atoms with Crippen LogP contribution in [-0.2, 0) is 78.5 Å². The van der Waals surface area contributed by atoms with Crippen molar-refractivity contribution in [3.8, 4) is 0 Å². The van der Waals surface area contributed by atoms with Crippen molar-refractivity contribution in [2.24, 2.45) is 0 Å². The molecule has 115 heavy (non-hydrogen) atoms. The van der Waals surface area contributed by atoms with Gasteiger partial charge in [0.25, 0.3) is 22.7 Å². The predicted octanol–water partition coefficient (Wildman–Crippen LogP) is 20.6. The molecule has 0 bridgehead atoms. The average molecular weight is 1540 g/mol. The van der Waals surface area contributed by atoms with E-state index in [1.54, 1.807) is 60.7 Å². The molecule has 12 aromatic rings. The van der Waals surface area contributed by atoms with Crippen LogP contribution in [0.5, 0.6) is 0 Å². The van der Waals surface area contributed by atoms with Crippen LogP contribution in [0, 0.1) is 52.6 Å². The average Bonchev–Trinajstić information content (AvgIpc) is 0.857. The molecule has 0 amide bonds. The standard InChI is InChI=1S/C29H39N3.C22H21N3O3.C22H24N2.C21H18N4O6/c1-5-31(6-2)28-18-14-26(15-19-28)23-30(22-25-12-10-9-11-13-25)24-27-16-20-29(21-17-27)32(7-3)8-4;1-23(26)21-11-7-19(8-12-21)16-24(15-18-5-3-2-4-6-18)17-20-9-13-22(14-10-20)25(27)28;1-18-7-9-20(10-8-18)16-24(15-19-5-3-2-4-6-19)17-21-11-13-22(23)14-12-21;26-23(27)19-7-1-16(2-8-19)13-22(14-17-3-9-20(10-4-17)24(28)29)15-18-5-11-21(12-6-18)25(30)31/h9-21H,5-8,22-24H2,1-4H3;2-14H,1,15-17H2;2-14H,15-17,23H2,1H3;1-12H,13-15H2. The van der Waals surface area contributed by atoms with Gasteiger partial charge in [0.2, 0.25) is 5.69 Å². The Labute approximate surface area is 674 Å². The summed E-state index contributed by atoms with van der Waals surface area (Å²) in [5.41, 5.74) is 25.0. The molecule has 0 radical (unpaired) electrons. The van der Waals surface area contributed by atoms with Crippen LogP contribution in [0.15, 0.2) is 309 Å². The van der Waals surface area contributed by atoms with Crippen LogP contribution in [0.4, 0.5) is 45.5 Å². The van der Waals surface area contributed by atoms with E-state index in [1.807, 2.05) is 47.4 Å². The van der Waals surface area contributed by atoms with Crippen molar-refractivity contribution in [3.63, 3.8) is 0 Å². The van der Waals surface area contributed by atoms with Crippen LogP contribution in [0.2, 0.25) is 0 Å². The second-order valence-electron chi connectivity index (χ2n) is 28.2. The smallest absolute Gasteiger partial charge is 0.269 e. The highest BCUT2D eigenvalue weighted by Gasteiger charge is 2.18. The normalized spacial score (nSPS) is 10.9. The molecule has 0 aromatic heterocycles. The number of anilines is 3. The largest absolute Gasteiger partial charge is 0.619 e. The highest BCUT2D eigenvalue weighted by Crippen LogP contribution is 2.26. The second kappa shape index (κ2) is 44.9. The lowest BCUT2D eigenvalue weighted by Crippen LogP contribution is -2.24. The van der Waals surface area contributed by atoms with Crippen LogP contribution >= 0.6 is 0 Å². The third-order valence-electron chi connectivity index (χ3n) is 19.4. The van der Waals surface area contributed by atoms with E-state index >= 15 is 0 Å². The lowest BCUT2D eigenvalue weighted by Gasteiger charge is -2.25. The summed E-state index contributed by atoms with van der Waals surface area (Å²) in [6.07, 6.45) is 0. The van der Waals surface area contributed by atoms with Crippen LogP contribution in [0.3, 0.4) is 0 Å². The maximum atomic E-state index is 11.3. The molecule has 0 aliphatic rings. The molecule has 0 saturated heterocycles. The number of benzene rings is 12. The summed E-state index contributed by atoms with van der Waals surface area (Å²) in [7, 11) is 0. The number of non-ortho nitro benzene ring substituents is 4. The maximum Gasteiger partial charge on any atom is 0.269 e. The van der Waals surface area contributed by atoms with Crippen molar-refractivity contribution < 1.29 is 24.4 Å². The van der Waals surface area contributed by atoms with E-state index in [9.17, 15) is 45.7 Å². The molecule has 2 N–H and O–H groups in total. The Morgan fingerprint density at radius 1 is 0.252 bits per heavy atom. The number of nitrogen functional groups attached to an aromatic ring is 1. The highest BCUT2D eigenvalue weighted by atomic mass is 16.6. The fourth-order valence-electron chi connectivity index (χ4n) is 13.3. The van der Waals surface area contributed by atoms with Gasteiger partial charge in [0, 0.05) is 182 Å². The first kappa shape index (κ1) is 85.9. The van der Waals surface area contributed by atoms with E-state index in [2.05, 4.69) is 224 Å². The topological polar surface area (TPSA) is 244 Å². The Morgan fingerprint density at radius 3 is 0.617 bits per heavy atom. The molecular weight excluding hydrogens is 1440 g/mol. The summed E-state index contributed by atoms with van der Waals surface area (Å²) in [5.74, 6) is 0.